The van der Waals surface area contributed by atoms with Gasteiger partial charge in [0, 0.05) is 10.7 Å². The van der Waals surface area contributed by atoms with Crippen LogP contribution in [0, 0.1) is 0 Å². The van der Waals surface area contributed by atoms with E-state index in [2.05, 4.69) is 23.9 Å². The van der Waals surface area contributed by atoms with E-state index in [-0.39, 0.29) is 21.4 Å². The molecular formula is C24H24Cl2N2O3S. The Kier molecular flexibility index (Phi) is 7.96. The fraction of sp³-hybridized carbons (Fsp3) is 0.208. The summed E-state index contributed by atoms with van der Waals surface area (Å²) in [5.41, 5.74) is 2.53. The zero-order chi connectivity index (χ0) is 23.3. The summed E-state index contributed by atoms with van der Waals surface area (Å²) in [7, 11) is -4.12. The molecule has 0 aromatic heterocycles. The quantitative estimate of drug-likeness (QED) is 0.428. The summed E-state index contributed by atoms with van der Waals surface area (Å²) in [6.45, 7) is 4.17. The van der Waals surface area contributed by atoms with Gasteiger partial charge in [-0.1, -0.05) is 79.5 Å². The number of carbonyl (C=O) groups excluding carboxylic acids is 1. The number of halogens is 2. The van der Waals surface area contributed by atoms with E-state index in [9.17, 15) is 13.2 Å². The molecule has 0 saturated heterocycles. The van der Waals surface area contributed by atoms with Gasteiger partial charge >= 0.3 is 0 Å². The molecule has 32 heavy (non-hydrogen) atoms. The van der Waals surface area contributed by atoms with Crippen molar-refractivity contribution in [2.75, 3.05) is 5.32 Å². The zero-order valence-electron chi connectivity index (χ0n) is 17.7. The Balaban J connectivity index is 1.87. The SMILES string of the molecule is CC(C)c1ccc(NC(=O)[C@@H](Cc2ccccc2)NS(=O)(=O)c2cc(Cl)ccc2Cl)cc1. The van der Waals surface area contributed by atoms with Crippen LogP contribution in [0.25, 0.3) is 0 Å². The van der Waals surface area contributed by atoms with Gasteiger partial charge in [0.15, 0.2) is 0 Å². The molecule has 0 spiro atoms. The normalized spacial score (nSPS) is 12.5. The largest absolute Gasteiger partial charge is 0.325 e. The maximum absolute atomic E-state index is 13.1. The third-order valence-electron chi connectivity index (χ3n) is 4.92. The fourth-order valence-corrected chi connectivity index (χ4v) is 5.11. The van der Waals surface area contributed by atoms with Crippen LogP contribution in [0.3, 0.4) is 0 Å². The van der Waals surface area contributed by atoms with Crippen molar-refractivity contribution in [2.24, 2.45) is 0 Å². The molecule has 0 unspecified atom stereocenters. The van der Waals surface area contributed by atoms with Gasteiger partial charge < -0.3 is 5.32 Å². The second-order valence-corrected chi connectivity index (χ2v) is 10.2. The molecule has 0 aliphatic carbocycles. The van der Waals surface area contributed by atoms with E-state index in [4.69, 9.17) is 23.2 Å². The van der Waals surface area contributed by atoms with Crippen LogP contribution >= 0.6 is 23.2 Å². The molecule has 3 rings (SSSR count). The van der Waals surface area contributed by atoms with Crippen LogP contribution in [0.1, 0.15) is 30.9 Å². The molecule has 3 aromatic rings. The molecule has 3 aromatic carbocycles. The number of carbonyl (C=O) groups is 1. The molecule has 0 saturated carbocycles. The van der Waals surface area contributed by atoms with Gasteiger partial charge in [-0.3, -0.25) is 4.79 Å². The van der Waals surface area contributed by atoms with E-state index in [1.165, 1.54) is 18.2 Å². The summed E-state index contributed by atoms with van der Waals surface area (Å²) in [6, 6.07) is 19.7. The highest BCUT2D eigenvalue weighted by Crippen LogP contribution is 2.25. The third kappa shape index (κ3) is 6.33. The molecule has 0 fully saturated rings. The number of amides is 1. The Hall–Kier alpha value is -2.38. The minimum absolute atomic E-state index is 0.0186. The molecule has 168 valence electrons. The first-order valence-electron chi connectivity index (χ1n) is 10.1. The van der Waals surface area contributed by atoms with E-state index < -0.39 is 22.0 Å². The lowest BCUT2D eigenvalue weighted by Gasteiger charge is -2.19. The van der Waals surface area contributed by atoms with Crippen molar-refractivity contribution < 1.29 is 13.2 Å². The minimum atomic E-state index is -4.12. The number of hydrogen-bond acceptors (Lipinski definition) is 3. The summed E-state index contributed by atoms with van der Waals surface area (Å²) >= 11 is 12.1. The highest BCUT2D eigenvalue weighted by Gasteiger charge is 2.28. The van der Waals surface area contributed by atoms with Crippen molar-refractivity contribution in [1.29, 1.82) is 0 Å². The summed E-state index contributed by atoms with van der Waals surface area (Å²) in [5, 5.41) is 3.05. The monoisotopic (exact) mass is 490 g/mol. The average molecular weight is 491 g/mol. The number of rotatable bonds is 8. The van der Waals surface area contributed by atoms with E-state index in [0.29, 0.717) is 11.6 Å². The van der Waals surface area contributed by atoms with Gasteiger partial charge in [-0.05, 0) is 53.8 Å². The summed E-state index contributed by atoms with van der Waals surface area (Å²) in [5.74, 6) is -0.118. The predicted molar refractivity (Wildman–Crippen MR) is 130 cm³/mol. The first-order chi connectivity index (χ1) is 15.2. The molecular weight excluding hydrogens is 467 g/mol. The lowest BCUT2D eigenvalue weighted by atomic mass is 10.0. The van der Waals surface area contributed by atoms with Crippen molar-refractivity contribution in [3.63, 3.8) is 0 Å². The topological polar surface area (TPSA) is 75.3 Å². The van der Waals surface area contributed by atoms with Crippen molar-refractivity contribution in [3.05, 3.63) is 94.0 Å². The second kappa shape index (κ2) is 10.5. The zero-order valence-corrected chi connectivity index (χ0v) is 20.0. The third-order valence-corrected chi connectivity index (χ3v) is 7.11. The highest BCUT2D eigenvalue weighted by atomic mass is 35.5. The molecule has 0 radical (unpaired) electrons. The lowest BCUT2D eigenvalue weighted by Crippen LogP contribution is -2.45. The van der Waals surface area contributed by atoms with Gasteiger partial charge in [0.05, 0.1) is 5.02 Å². The first-order valence-corrected chi connectivity index (χ1v) is 12.3. The summed E-state index contributed by atoms with van der Waals surface area (Å²) in [4.78, 5) is 12.9. The lowest BCUT2D eigenvalue weighted by molar-refractivity contribution is -0.117. The van der Waals surface area contributed by atoms with Crippen LogP contribution in [-0.2, 0) is 21.2 Å². The number of sulfonamides is 1. The Morgan fingerprint density at radius 3 is 2.22 bits per heavy atom. The van der Waals surface area contributed by atoms with Crippen molar-refractivity contribution in [1.82, 2.24) is 4.72 Å². The molecule has 8 heteroatoms. The van der Waals surface area contributed by atoms with E-state index >= 15 is 0 Å². The maximum Gasteiger partial charge on any atom is 0.242 e. The number of anilines is 1. The van der Waals surface area contributed by atoms with Crippen molar-refractivity contribution >= 4 is 44.8 Å². The standard InChI is InChI=1S/C24H24Cl2N2O3S/c1-16(2)18-8-11-20(12-9-18)27-24(29)22(14-17-6-4-3-5-7-17)28-32(30,31)23-15-19(25)10-13-21(23)26/h3-13,15-16,22,28H,14H2,1-2H3,(H,27,29)/t22-/m1/s1. The van der Waals surface area contributed by atoms with Gasteiger partial charge in [0.1, 0.15) is 10.9 Å². The highest BCUT2D eigenvalue weighted by molar-refractivity contribution is 7.89. The van der Waals surface area contributed by atoms with Gasteiger partial charge in [-0.2, -0.15) is 4.72 Å². The van der Waals surface area contributed by atoms with Crippen LogP contribution in [0.4, 0.5) is 5.69 Å². The van der Waals surface area contributed by atoms with Crippen LogP contribution in [-0.4, -0.2) is 20.4 Å². The second-order valence-electron chi connectivity index (χ2n) is 7.70. The molecule has 0 heterocycles. The van der Waals surface area contributed by atoms with Gasteiger partial charge in [0.2, 0.25) is 15.9 Å². The Morgan fingerprint density at radius 2 is 1.59 bits per heavy atom. The molecule has 0 bridgehead atoms. The minimum Gasteiger partial charge on any atom is -0.325 e. The predicted octanol–water partition coefficient (Wildman–Crippen LogP) is 5.65. The molecule has 5 nitrogen and oxygen atoms in total. The molecule has 0 aliphatic heterocycles. The Morgan fingerprint density at radius 1 is 0.938 bits per heavy atom. The smallest absolute Gasteiger partial charge is 0.242 e. The van der Waals surface area contributed by atoms with E-state index in [1.54, 1.807) is 12.1 Å². The van der Waals surface area contributed by atoms with Gasteiger partial charge in [0.25, 0.3) is 0 Å². The van der Waals surface area contributed by atoms with Crippen LogP contribution in [0.2, 0.25) is 10.0 Å². The average Bonchev–Trinajstić information content (AvgIpc) is 2.76. The van der Waals surface area contributed by atoms with Gasteiger partial charge in [-0.25, -0.2) is 8.42 Å². The van der Waals surface area contributed by atoms with Gasteiger partial charge in [-0.15, -0.1) is 0 Å². The molecule has 1 atom stereocenters. The number of hydrogen-bond donors (Lipinski definition) is 2. The van der Waals surface area contributed by atoms with Crippen molar-refractivity contribution in [3.8, 4) is 0 Å². The van der Waals surface area contributed by atoms with Crippen LogP contribution in [0.5, 0.6) is 0 Å². The fourth-order valence-electron chi connectivity index (χ4n) is 3.15. The Labute approximate surface area is 198 Å². The van der Waals surface area contributed by atoms with E-state index in [0.717, 1.165) is 11.1 Å². The molecule has 2 N–H and O–H groups in total. The maximum atomic E-state index is 13.1. The van der Waals surface area contributed by atoms with Crippen molar-refractivity contribution in [2.45, 2.75) is 37.1 Å². The summed E-state index contributed by atoms with van der Waals surface area (Å²) < 4.78 is 28.6. The van der Waals surface area contributed by atoms with Crippen LogP contribution in [0.15, 0.2) is 77.7 Å². The first kappa shape index (κ1) is 24.3. The molecule has 0 aliphatic rings. The Bertz CT molecular complexity index is 1180. The molecule has 1 amide bonds. The summed E-state index contributed by atoms with van der Waals surface area (Å²) in [6.07, 6.45) is 0.161. The van der Waals surface area contributed by atoms with E-state index in [1.807, 2.05) is 42.5 Å². The van der Waals surface area contributed by atoms with Crippen LogP contribution < -0.4 is 10.0 Å². The number of nitrogens with one attached hydrogen (secondary N) is 2. The number of benzene rings is 3.